The minimum Gasteiger partial charge on any atom is -0.323 e. The number of rotatable bonds is 4. The van der Waals surface area contributed by atoms with Gasteiger partial charge in [-0.1, -0.05) is 41.0 Å². The van der Waals surface area contributed by atoms with Crippen molar-refractivity contribution in [2.75, 3.05) is 5.32 Å². The normalized spacial score (nSPS) is 12.3. The quantitative estimate of drug-likeness (QED) is 0.501. The summed E-state index contributed by atoms with van der Waals surface area (Å²) < 4.78 is 0. The summed E-state index contributed by atoms with van der Waals surface area (Å²) in [5.41, 5.74) is 0.427. The minimum absolute atomic E-state index is 0.188. The van der Waals surface area contributed by atoms with Crippen LogP contribution >= 0.6 is 46.3 Å². The van der Waals surface area contributed by atoms with Gasteiger partial charge in [0.1, 0.15) is 16.2 Å². The van der Waals surface area contributed by atoms with Crippen molar-refractivity contribution < 1.29 is 4.79 Å². The van der Waals surface area contributed by atoms with Crippen LogP contribution in [0.15, 0.2) is 41.0 Å². The molecule has 0 saturated heterocycles. The van der Waals surface area contributed by atoms with Gasteiger partial charge in [-0.2, -0.15) is 0 Å². The topological polar surface area (TPSA) is 54.9 Å². The number of hydrogen-bond acceptors (Lipinski definition) is 5. The second-order valence-corrected chi connectivity index (χ2v) is 7.70. The third-order valence-electron chi connectivity index (χ3n) is 3.09. The fourth-order valence-corrected chi connectivity index (χ4v) is 4.11. The maximum Gasteiger partial charge on any atom is 0.237 e. The fourth-order valence-electron chi connectivity index (χ4n) is 1.92. The van der Waals surface area contributed by atoms with Gasteiger partial charge in [0.05, 0.1) is 21.0 Å². The average Bonchev–Trinajstić information content (AvgIpc) is 3.00. The number of amides is 1. The highest BCUT2D eigenvalue weighted by atomic mass is 35.5. The van der Waals surface area contributed by atoms with E-state index in [9.17, 15) is 4.79 Å². The number of thioether (sulfide) groups is 1. The Hall–Kier alpha value is -1.34. The Balaban J connectivity index is 1.77. The summed E-state index contributed by atoms with van der Waals surface area (Å²) in [4.78, 5) is 21.8. The fraction of sp³-hybridized carbons (Fsp3) is 0.133. The first-order valence-electron chi connectivity index (χ1n) is 6.66. The van der Waals surface area contributed by atoms with Crippen LogP contribution in [0.5, 0.6) is 0 Å². The number of anilines is 1. The first kappa shape index (κ1) is 16.5. The molecule has 23 heavy (non-hydrogen) atoms. The highest BCUT2D eigenvalue weighted by Crippen LogP contribution is 2.33. The summed E-state index contributed by atoms with van der Waals surface area (Å²) >= 11 is 15.1. The van der Waals surface area contributed by atoms with Gasteiger partial charge in [0.25, 0.3) is 0 Å². The molecule has 0 spiro atoms. The molecule has 4 nitrogen and oxygen atoms in total. The molecule has 2 heterocycles. The van der Waals surface area contributed by atoms with E-state index < -0.39 is 0 Å². The summed E-state index contributed by atoms with van der Waals surface area (Å²) in [6, 6.07) is 7.05. The molecule has 0 bridgehead atoms. The highest BCUT2D eigenvalue weighted by Gasteiger charge is 2.19. The van der Waals surface area contributed by atoms with Crippen molar-refractivity contribution in [2.45, 2.75) is 17.2 Å². The SMILES string of the molecule is C[C@@H](Sc1ncnc2sccc12)C(=O)Nc1c(Cl)cccc1Cl. The minimum atomic E-state index is -0.361. The molecule has 8 heteroatoms. The van der Waals surface area contributed by atoms with Crippen molar-refractivity contribution in [3.63, 3.8) is 0 Å². The van der Waals surface area contributed by atoms with E-state index in [-0.39, 0.29) is 11.2 Å². The van der Waals surface area contributed by atoms with Gasteiger partial charge in [-0.3, -0.25) is 4.79 Å². The molecule has 118 valence electrons. The lowest BCUT2D eigenvalue weighted by atomic mass is 10.3. The third kappa shape index (κ3) is 3.61. The van der Waals surface area contributed by atoms with Crippen LogP contribution in [0.1, 0.15) is 6.92 Å². The number of nitrogens with one attached hydrogen (secondary N) is 1. The van der Waals surface area contributed by atoms with Crippen molar-refractivity contribution in [3.05, 3.63) is 46.0 Å². The number of thiophene rings is 1. The largest absolute Gasteiger partial charge is 0.323 e. The van der Waals surface area contributed by atoms with Crippen molar-refractivity contribution in [3.8, 4) is 0 Å². The second-order valence-electron chi connectivity index (χ2n) is 4.66. The van der Waals surface area contributed by atoms with Crippen LogP contribution in [-0.4, -0.2) is 21.1 Å². The number of carbonyl (C=O) groups is 1. The van der Waals surface area contributed by atoms with Crippen LogP contribution < -0.4 is 5.32 Å². The van der Waals surface area contributed by atoms with E-state index in [4.69, 9.17) is 23.2 Å². The molecule has 1 amide bonds. The number of carbonyl (C=O) groups excluding carboxylic acids is 1. The lowest BCUT2D eigenvalue weighted by molar-refractivity contribution is -0.115. The maximum atomic E-state index is 12.4. The predicted octanol–water partition coefficient (Wildman–Crippen LogP) is 5.12. The van der Waals surface area contributed by atoms with E-state index in [1.165, 1.54) is 18.1 Å². The molecule has 0 radical (unpaired) electrons. The van der Waals surface area contributed by atoms with E-state index >= 15 is 0 Å². The van der Waals surface area contributed by atoms with Crippen LogP contribution in [-0.2, 0) is 4.79 Å². The lowest BCUT2D eigenvalue weighted by Gasteiger charge is -2.13. The first-order chi connectivity index (χ1) is 11.1. The van der Waals surface area contributed by atoms with Crippen LogP contribution in [0.3, 0.4) is 0 Å². The van der Waals surface area contributed by atoms with Crippen molar-refractivity contribution in [2.24, 2.45) is 0 Å². The van der Waals surface area contributed by atoms with Gasteiger partial charge >= 0.3 is 0 Å². The van der Waals surface area contributed by atoms with Crippen molar-refractivity contribution >= 4 is 68.1 Å². The Bertz CT molecular complexity index is 849. The number of nitrogens with zero attached hydrogens (tertiary/aromatic N) is 2. The van der Waals surface area contributed by atoms with E-state index in [0.29, 0.717) is 15.7 Å². The maximum absolute atomic E-state index is 12.4. The summed E-state index contributed by atoms with van der Waals surface area (Å²) in [6.45, 7) is 1.81. The van der Waals surface area contributed by atoms with E-state index in [0.717, 1.165) is 15.2 Å². The standard InChI is InChI=1S/C15H11Cl2N3OS2/c1-8(13(21)20-12-10(16)3-2-4-11(12)17)23-15-9-5-6-22-14(9)18-7-19-15/h2-8H,1H3,(H,20,21)/t8-/m1/s1. The van der Waals surface area contributed by atoms with Crippen LogP contribution in [0.2, 0.25) is 10.0 Å². The molecule has 3 aromatic rings. The highest BCUT2D eigenvalue weighted by molar-refractivity contribution is 8.00. The molecular weight excluding hydrogens is 373 g/mol. The van der Waals surface area contributed by atoms with Gasteiger partial charge in [-0.25, -0.2) is 9.97 Å². The van der Waals surface area contributed by atoms with Gasteiger partial charge in [-0.15, -0.1) is 11.3 Å². The van der Waals surface area contributed by atoms with Gasteiger partial charge in [0.2, 0.25) is 5.91 Å². The Labute approximate surface area is 151 Å². The predicted molar refractivity (Wildman–Crippen MR) is 97.8 cm³/mol. The van der Waals surface area contributed by atoms with Gasteiger partial charge in [0.15, 0.2) is 0 Å². The summed E-state index contributed by atoms with van der Waals surface area (Å²) in [5.74, 6) is -0.188. The van der Waals surface area contributed by atoms with Gasteiger partial charge in [-0.05, 0) is 30.5 Å². The van der Waals surface area contributed by atoms with E-state index in [1.807, 2.05) is 18.4 Å². The third-order valence-corrected chi connectivity index (χ3v) is 5.66. The number of fused-ring (bicyclic) bond motifs is 1. The molecule has 0 fully saturated rings. The Morgan fingerprint density at radius 1 is 1.26 bits per heavy atom. The first-order valence-corrected chi connectivity index (χ1v) is 9.17. The Morgan fingerprint density at radius 2 is 2.00 bits per heavy atom. The zero-order valence-electron chi connectivity index (χ0n) is 11.9. The summed E-state index contributed by atoms with van der Waals surface area (Å²) in [6.07, 6.45) is 1.51. The Morgan fingerprint density at radius 3 is 2.74 bits per heavy atom. The molecule has 0 unspecified atom stereocenters. The van der Waals surface area contributed by atoms with Gasteiger partial charge < -0.3 is 5.32 Å². The van der Waals surface area contributed by atoms with Crippen LogP contribution in [0.4, 0.5) is 5.69 Å². The molecule has 1 N–H and O–H groups in total. The lowest BCUT2D eigenvalue weighted by Crippen LogP contribution is -2.22. The zero-order valence-corrected chi connectivity index (χ0v) is 15.1. The average molecular weight is 384 g/mol. The van der Waals surface area contributed by atoms with Crippen LogP contribution in [0, 0.1) is 0 Å². The smallest absolute Gasteiger partial charge is 0.237 e. The monoisotopic (exact) mass is 383 g/mol. The molecule has 2 aromatic heterocycles. The number of hydrogen-bond donors (Lipinski definition) is 1. The molecular formula is C15H11Cl2N3OS2. The Kier molecular flexibility index (Phi) is 5.06. The number of para-hydroxylation sites is 1. The molecule has 0 aliphatic heterocycles. The zero-order chi connectivity index (χ0) is 16.4. The van der Waals surface area contributed by atoms with E-state index in [1.54, 1.807) is 29.5 Å². The van der Waals surface area contributed by atoms with Crippen molar-refractivity contribution in [1.82, 2.24) is 9.97 Å². The van der Waals surface area contributed by atoms with Crippen LogP contribution in [0.25, 0.3) is 10.2 Å². The second kappa shape index (κ2) is 7.05. The van der Waals surface area contributed by atoms with Gasteiger partial charge in [0, 0.05) is 5.39 Å². The number of benzene rings is 1. The molecule has 1 atom stereocenters. The molecule has 0 aliphatic carbocycles. The summed E-state index contributed by atoms with van der Waals surface area (Å²) in [7, 11) is 0. The van der Waals surface area contributed by atoms with Crippen molar-refractivity contribution in [1.29, 1.82) is 0 Å². The molecule has 3 rings (SSSR count). The number of aromatic nitrogens is 2. The molecule has 1 aromatic carbocycles. The van der Waals surface area contributed by atoms with E-state index in [2.05, 4.69) is 15.3 Å². The molecule has 0 aliphatic rings. The molecule has 0 saturated carbocycles. The summed E-state index contributed by atoms with van der Waals surface area (Å²) in [5, 5.41) is 6.92. The number of halogens is 2.